The molecule has 1 rings (SSSR count). The number of carboxylic acid groups (broad SMARTS) is 1. The lowest BCUT2D eigenvalue weighted by Gasteiger charge is -2.11. The van der Waals surface area contributed by atoms with E-state index < -0.39 is 29.3 Å². The molecule has 0 heterocycles. The van der Waals surface area contributed by atoms with Crippen molar-refractivity contribution in [1.82, 2.24) is 0 Å². The Labute approximate surface area is 107 Å². The SMILES string of the molecule is N[C@@H](CC(=O)OCc1ccccc1[N+](=O)[O-])C(=O)[O-]. The molecule has 0 bridgehead atoms. The first-order valence-corrected chi connectivity index (χ1v) is 5.26. The van der Waals surface area contributed by atoms with Gasteiger partial charge in [-0.3, -0.25) is 14.9 Å². The summed E-state index contributed by atoms with van der Waals surface area (Å²) in [5.41, 5.74) is 5.12. The molecule has 8 heteroatoms. The predicted molar refractivity (Wildman–Crippen MR) is 60.5 cm³/mol. The van der Waals surface area contributed by atoms with Crippen LogP contribution in [0.2, 0.25) is 0 Å². The van der Waals surface area contributed by atoms with Crippen molar-refractivity contribution in [2.75, 3.05) is 0 Å². The molecular formula is C11H11N2O6-. The molecule has 0 aromatic heterocycles. The monoisotopic (exact) mass is 267 g/mol. The van der Waals surface area contributed by atoms with Crippen molar-refractivity contribution in [2.45, 2.75) is 19.1 Å². The van der Waals surface area contributed by atoms with Gasteiger partial charge in [0.25, 0.3) is 5.69 Å². The van der Waals surface area contributed by atoms with Crippen molar-refractivity contribution in [1.29, 1.82) is 0 Å². The van der Waals surface area contributed by atoms with Crippen LogP contribution in [0, 0.1) is 10.1 Å². The lowest BCUT2D eigenvalue weighted by molar-refractivity contribution is -0.385. The zero-order valence-corrected chi connectivity index (χ0v) is 9.78. The van der Waals surface area contributed by atoms with Crippen molar-refractivity contribution in [2.24, 2.45) is 5.73 Å². The quantitative estimate of drug-likeness (QED) is 0.401. The lowest BCUT2D eigenvalue weighted by atomic mass is 10.2. The van der Waals surface area contributed by atoms with Gasteiger partial charge < -0.3 is 20.4 Å². The number of carbonyl (C=O) groups excluding carboxylic acids is 2. The van der Waals surface area contributed by atoms with Crippen LogP contribution in [-0.2, 0) is 20.9 Å². The van der Waals surface area contributed by atoms with Gasteiger partial charge in [0.15, 0.2) is 0 Å². The second-order valence-corrected chi connectivity index (χ2v) is 3.68. The minimum Gasteiger partial charge on any atom is -0.548 e. The Hall–Kier alpha value is -2.48. The average molecular weight is 267 g/mol. The molecule has 0 aliphatic heterocycles. The maximum atomic E-state index is 11.2. The fourth-order valence-electron chi connectivity index (χ4n) is 1.29. The van der Waals surface area contributed by atoms with Gasteiger partial charge in [0.1, 0.15) is 6.61 Å². The first-order chi connectivity index (χ1) is 8.91. The Morgan fingerprint density at radius 1 is 1.37 bits per heavy atom. The summed E-state index contributed by atoms with van der Waals surface area (Å²) in [7, 11) is 0. The number of carbonyl (C=O) groups is 2. The van der Waals surface area contributed by atoms with Crippen molar-refractivity contribution < 1.29 is 24.4 Å². The minimum absolute atomic E-state index is 0.181. The number of nitro groups is 1. The maximum absolute atomic E-state index is 11.2. The number of benzene rings is 1. The standard InChI is InChI=1S/C11H12N2O6/c12-8(11(15)16)5-10(14)19-6-7-3-1-2-4-9(7)13(17)18/h1-4,8H,5-6,12H2,(H,15,16)/p-1/t8-/m0/s1. The fourth-order valence-corrected chi connectivity index (χ4v) is 1.29. The van der Waals surface area contributed by atoms with E-state index in [1.54, 1.807) is 6.07 Å². The average Bonchev–Trinajstić information content (AvgIpc) is 2.36. The van der Waals surface area contributed by atoms with Gasteiger partial charge in [-0.15, -0.1) is 0 Å². The number of hydrogen-bond donors (Lipinski definition) is 1. The molecule has 0 fully saturated rings. The molecule has 0 spiro atoms. The topological polar surface area (TPSA) is 136 Å². The van der Waals surface area contributed by atoms with Crippen LogP contribution < -0.4 is 10.8 Å². The van der Waals surface area contributed by atoms with Crippen LogP contribution in [0.25, 0.3) is 0 Å². The number of ether oxygens (including phenoxy) is 1. The van der Waals surface area contributed by atoms with Gasteiger partial charge in [-0.1, -0.05) is 12.1 Å². The summed E-state index contributed by atoms with van der Waals surface area (Å²) in [5, 5.41) is 21.0. The summed E-state index contributed by atoms with van der Waals surface area (Å²) in [6.07, 6.45) is -0.553. The van der Waals surface area contributed by atoms with Crippen molar-refractivity contribution in [3.63, 3.8) is 0 Å². The lowest BCUT2D eigenvalue weighted by Crippen LogP contribution is -2.43. The van der Waals surface area contributed by atoms with Gasteiger partial charge in [-0.05, 0) is 6.07 Å². The van der Waals surface area contributed by atoms with Gasteiger partial charge >= 0.3 is 5.97 Å². The van der Waals surface area contributed by atoms with Gasteiger partial charge in [-0.25, -0.2) is 0 Å². The number of aliphatic carboxylic acids is 1. The highest BCUT2D eigenvalue weighted by Gasteiger charge is 2.16. The molecule has 1 aromatic rings. The zero-order chi connectivity index (χ0) is 14.4. The van der Waals surface area contributed by atoms with E-state index in [0.717, 1.165) is 0 Å². The molecule has 0 radical (unpaired) electrons. The first kappa shape index (κ1) is 14.6. The molecule has 1 aromatic carbocycles. The molecule has 102 valence electrons. The summed E-state index contributed by atoms with van der Waals surface area (Å²) in [4.78, 5) is 31.7. The Morgan fingerprint density at radius 3 is 2.58 bits per heavy atom. The van der Waals surface area contributed by atoms with Gasteiger partial charge in [0.2, 0.25) is 0 Å². The van der Waals surface area contributed by atoms with Crippen LogP contribution >= 0.6 is 0 Å². The van der Waals surface area contributed by atoms with Gasteiger partial charge in [-0.2, -0.15) is 0 Å². The molecule has 2 N–H and O–H groups in total. The number of para-hydroxylation sites is 1. The second kappa shape index (κ2) is 6.45. The number of hydrogen-bond acceptors (Lipinski definition) is 7. The molecule has 0 aliphatic carbocycles. The Bertz CT molecular complexity index is 502. The highest BCUT2D eigenvalue weighted by Crippen LogP contribution is 2.18. The van der Waals surface area contributed by atoms with Crippen molar-refractivity contribution in [3.05, 3.63) is 39.9 Å². The number of nitrogens with zero attached hydrogens (tertiary/aromatic N) is 1. The Morgan fingerprint density at radius 2 is 2.00 bits per heavy atom. The first-order valence-electron chi connectivity index (χ1n) is 5.26. The summed E-state index contributed by atoms with van der Waals surface area (Å²) in [6.45, 7) is -0.324. The van der Waals surface area contributed by atoms with E-state index in [0.29, 0.717) is 0 Å². The van der Waals surface area contributed by atoms with E-state index in [4.69, 9.17) is 10.5 Å². The highest BCUT2D eigenvalue weighted by atomic mass is 16.6. The van der Waals surface area contributed by atoms with Crippen LogP contribution in [0.3, 0.4) is 0 Å². The number of esters is 1. The van der Waals surface area contributed by atoms with Crippen molar-refractivity contribution >= 4 is 17.6 Å². The zero-order valence-electron chi connectivity index (χ0n) is 9.78. The van der Waals surface area contributed by atoms with E-state index >= 15 is 0 Å². The number of nitro benzene ring substituents is 1. The smallest absolute Gasteiger partial charge is 0.308 e. The van der Waals surface area contributed by atoms with E-state index in [2.05, 4.69) is 0 Å². The van der Waals surface area contributed by atoms with Crippen LogP contribution in [0.5, 0.6) is 0 Å². The minimum atomic E-state index is -1.57. The summed E-state index contributed by atoms with van der Waals surface area (Å²) in [5.74, 6) is -2.43. The third-order valence-corrected chi connectivity index (χ3v) is 2.27. The molecular weight excluding hydrogens is 256 g/mol. The number of carboxylic acids is 1. The molecule has 0 saturated heterocycles. The summed E-state index contributed by atoms with van der Waals surface area (Å²) < 4.78 is 4.73. The second-order valence-electron chi connectivity index (χ2n) is 3.68. The summed E-state index contributed by atoms with van der Waals surface area (Å²) >= 11 is 0. The van der Waals surface area contributed by atoms with Crippen LogP contribution in [0.15, 0.2) is 24.3 Å². The molecule has 0 unspecified atom stereocenters. The fraction of sp³-hybridized carbons (Fsp3) is 0.273. The predicted octanol–water partition coefficient (Wildman–Crippen LogP) is -0.895. The Balaban J connectivity index is 2.60. The van der Waals surface area contributed by atoms with E-state index in [1.165, 1.54) is 18.2 Å². The molecule has 0 aliphatic rings. The third kappa shape index (κ3) is 4.36. The normalized spacial score (nSPS) is 11.6. The third-order valence-electron chi connectivity index (χ3n) is 2.27. The van der Waals surface area contributed by atoms with Crippen molar-refractivity contribution in [3.8, 4) is 0 Å². The van der Waals surface area contributed by atoms with E-state index in [1.807, 2.05) is 0 Å². The van der Waals surface area contributed by atoms with Crippen LogP contribution in [-0.4, -0.2) is 22.9 Å². The van der Waals surface area contributed by atoms with Gasteiger partial charge in [0.05, 0.1) is 28.9 Å². The maximum Gasteiger partial charge on any atom is 0.308 e. The molecule has 0 amide bonds. The molecule has 8 nitrogen and oxygen atoms in total. The highest BCUT2D eigenvalue weighted by molar-refractivity contribution is 5.80. The van der Waals surface area contributed by atoms with Gasteiger partial charge in [0, 0.05) is 6.07 Å². The largest absolute Gasteiger partial charge is 0.548 e. The van der Waals surface area contributed by atoms with Crippen LogP contribution in [0.1, 0.15) is 12.0 Å². The van der Waals surface area contributed by atoms with E-state index in [-0.39, 0.29) is 17.9 Å². The number of nitrogens with two attached hydrogens (primary N) is 1. The number of rotatable bonds is 6. The van der Waals surface area contributed by atoms with Crippen LogP contribution in [0.4, 0.5) is 5.69 Å². The Kier molecular flexibility index (Phi) is 4.95. The molecule has 19 heavy (non-hydrogen) atoms. The molecule has 0 saturated carbocycles. The summed E-state index contributed by atoms with van der Waals surface area (Å²) in [6, 6.07) is 4.29. The molecule has 1 atom stereocenters. The van der Waals surface area contributed by atoms with E-state index in [9.17, 15) is 24.8 Å².